The molecule has 4 rings (SSSR count). The number of rotatable bonds is 6. The number of nitrogens with two attached hydrogens (primary N) is 1. The quantitative estimate of drug-likeness (QED) is 0.0739. The van der Waals surface area contributed by atoms with E-state index in [0.29, 0.717) is 11.4 Å². The Bertz CT molecular complexity index is 1450. The van der Waals surface area contributed by atoms with Crippen molar-refractivity contribution >= 4 is 63.4 Å². The number of nitrogens with zero attached hydrogens (tertiary/aromatic N) is 6. The lowest BCUT2D eigenvalue weighted by molar-refractivity contribution is -0.385. The van der Waals surface area contributed by atoms with Crippen molar-refractivity contribution < 1.29 is 43.3 Å². The van der Waals surface area contributed by atoms with E-state index in [1.54, 1.807) is 37.4 Å². The number of benzene rings is 2. The Labute approximate surface area is 259 Å². The standard InChI is InChI=1S/C11H9ClN4O3.C7H9NO.C4HCl2N3O2.HI/c1-19-8-4-2-3-7(5-8)14-10-9(16(17)18)6-13-11(12)15-10;1-9-7-4-2-3-6(8)5-7;5-3-2(9(10)11)1-7-4(6)8-3;/h2-6H,1H3,(H,13,14,15);2-5H,8H2,1H3;1H;1H/p-1. The molecule has 40 heavy (non-hydrogen) atoms. The average molecular weight is 725 g/mol. The smallest absolute Gasteiger partial charge is 0.329 e. The fraction of sp³-hybridized carbons (Fsp3) is 0.0909. The molecule has 14 nitrogen and oxygen atoms in total. The predicted molar refractivity (Wildman–Crippen MR) is 146 cm³/mol. The summed E-state index contributed by atoms with van der Waals surface area (Å²) in [6.45, 7) is 0. The zero-order chi connectivity index (χ0) is 28.9. The van der Waals surface area contributed by atoms with E-state index in [1.807, 2.05) is 18.2 Å². The molecule has 212 valence electrons. The van der Waals surface area contributed by atoms with Crippen LogP contribution in [0.25, 0.3) is 0 Å². The second-order valence-corrected chi connectivity index (χ2v) is 7.87. The highest BCUT2D eigenvalue weighted by Crippen LogP contribution is 2.27. The fourth-order valence-electron chi connectivity index (χ4n) is 2.52. The lowest BCUT2D eigenvalue weighted by Crippen LogP contribution is -3.00. The van der Waals surface area contributed by atoms with Gasteiger partial charge in [0, 0.05) is 23.5 Å². The number of nitro groups is 2. The molecule has 2 heterocycles. The van der Waals surface area contributed by atoms with Crippen LogP contribution in [-0.2, 0) is 0 Å². The monoisotopic (exact) mass is 723 g/mol. The van der Waals surface area contributed by atoms with Crippen molar-refractivity contribution in [1.29, 1.82) is 0 Å². The first-order chi connectivity index (χ1) is 18.5. The lowest BCUT2D eigenvalue weighted by atomic mass is 10.3. The molecule has 0 saturated heterocycles. The number of anilines is 3. The Balaban J connectivity index is 0.000000324. The van der Waals surface area contributed by atoms with Crippen LogP contribution < -0.4 is 44.5 Å². The highest BCUT2D eigenvalue weighted by atomic mass is 127. The molecule has 18 heteroatoms. The van der Waals surface area contributed by atoms with Crippen molar-refractivity contribution in [1.82, 2.24) is 19.9 Å². The predicted octanol–water partition coefficient (Wildman–Crippen LogP) is 2.76. The normalized spacial score (nSPS) is 9.43. The first kappa shape index (κ1) is 34.2. The Morgan fingerprint density at radius 2 is 1.35 bits per heavy atom. The van der Waals surface area contributed by atoms with Gasteiger partial charge in [0.25, 0.3) is 0 Å². The van der Waals surface area contributed by atoms with Crippen molar-refractivity contribution in [2.24, 2.45) is 0 Å². The maximum Gasteiger partial charge on any atom is 0.329 e. The minimum atomic E-state index is -0.682. The van der Waals surface area contributed by atoms with Crippen LogP contribution in [0.5, 0.6) is 11.5 Å². The van der Waals surface area contributed by atoms with Gasteiger partial charge in [0.2, 0.25) is 21.5 Å². The Hall–Kier alpha value is -3.80. The number of halogens is 4. The molecule has 0 aliphatic heterocycles. The number of hydrogen-bond acceptors (Lipinski definition) is 12. The van der Waals surface area contributed by atoms with Crippen molar-refractivity contribution in [3.63, 3.8) is 0 Å². The van der Waals surface area contributed by atoms with Gasteiger partial charge in [-0.25, -0.2) is 9.97 Å². The molecule has 2 aromatic heterocycles. The summed E-state index contributed by atoms with van der Waals surface area (Å²) in [6, 6.07) is 14.2. The minimum Gasteiger partial charge on any atom is -1.00 e. The van der Waals surface area contributed by atoms with E-state index in [-0.39, 0.29) is 56.9 Å². The van der Waals surface area contributed by atoms with E-state index in [0.717, 1.165) is 23.8 Å². The third kappa shape index (κ3) is 11.1. The molecule has 0 spiro atoms. The van der Waals surface area contributed by atoms with Crippen LogP contribution in [0.2, 0.25) is 15.7 Å². The van der Waals surface area contributed by atoms with Gasteiger partial charge in [0.15, 0.2) is 0 Å². The third-order valence-electron chi connectivity index (χ3n) is 4.25. The molecule has 0 atom stereocenters. The molecular formula is C22H19Cl3IN8O6-. The Morgan fingerprint density at radius 3 is 1.85 bits per heavy atom. The summed E-state index contributed by atoms with van der Waals surface area (Å²) < 4.78 is 9.98. The third-order valence-corrected chi connectivity index (χ3v) is 4.90. The zero-order valence-electron chi connectivity index (χ0n) is 20.5. The highest BCUT2D eigenvalue weighted by Gasteiger charge is 2.17. The number of hydrogen-bond donors (Lipinski definition) is 2. The number of nitrogens with one attached hydrogen (secondary N) is 1. The molecule has 0 aliphatic carbocycles. The van der Waals surface area contributed by atoms with E-state index in [1.165, 1.54) is 7.11 Å². The molecule has 0 unspecified atom stereocenters. The van der Waals surface area contributed by atoms with Crippen LogP contribution in [0.1, 0.15) is 0 Å². The van der Waals surface area contributed by atoms with Crippen LogP contribution in [0.3, 0.4) is 0 Å². The van der Waals surface area contributed by atoms with Gasteiger partial charge in [-0.1, -0.05) is 23.7 Å². The van der Waals surface area contributed by atoms with Crippen LogP contribution in [0, 0.1) is 20.2 Å². The molecule has 4 aromatic rings. The second kappa shape index (κ2) is 17.0. The van der Waals surface area contributed by atoms with Crippen molar-refractivity contribution in [2.45, 2.75) is 0 Å². The highest BCUT2D eigenvalue weighted by molar-refractivity contribution is 6.33. The number of aromatic nitrogens is 4. The van der Waals surface area contributed by atoms with Crippen molar-refractivity contribution in [2.75, 3.05) is 25.3 Å². The fourth-order valence-corrected chi connectivity index (χ4v) is 3.02. The van der Waals surface area contributed by atoms with E-state index in [2.05, 4.69) is 25.3 Å². The molecule has 0 fully saturated rings. The largest absolute Gasteiger partial charge is 1.00 e. The SMILES string of the molecule is COc1cccc(N)c1.COc1cccc(Nc2nc(Cl)ncc2[N+](=O)[O-])c1.O=[N+]([O-])c1cnc(Cl)nc1Cl.[I-]. The van der Waals surface area contributed by atoms with Gasteiger partial charge in [-0.2, -0.15) is 9.97 Å². The van der Waals surface area contributed by atoms with Gasteiger partial charge < -0.3 is 44.5 Å². The summed E-state index contributed by atoms with van der Waals surface area (Å²) in [5, 5.41) is 23.4. The van der Waals surface area contributed by atoms with E-state index < -0.39 is 9.85 Å². The maximum atomic E-state index is 10.9. The van der Waals surface area contributed by atoms with E-state index in [4.69, 9.17) is 50.0 Å². The molecule has 0 aliphatic rings. The summed E-state index contributed by atoms with van der Waals surface area (Å²) in [5.74, 6) is 1.45. The summed E-state index contributed by atoms with van der Waals surface area (Å²) in [7, 11) is 3.15. The summed E-state index contributed by atoms with van der Waals surface area (Å²) in [5.41, 5.74) is 6.17. The van der Waals surface area contributed by atoms with Crippen LogP contribution in [0.15, 0.2) is 60.9 Å². The van der Waals surface area contributed by atoms with Gasteiger partial charge in [0.1, 0.15) is 23.9 Å². The first-order valence-corrected chi connectivity index (χ1v) is 11.5. The van der Waals surface area contributed by atoms with E-state index >= 15 is 0 Å². The maximum absolute atomic E-state index is 10.9. The number of nitrogen functional groups attached to an aromatic ring is 1. The van der Waals surface area contributed by atoms with Gasteiger partial charge in [0.05, 0.1) is 24.1 Å². The minimum absolute atomic E-state index is 0. The topological polar surface area (TPSA) is 194 Å². The summed E-state index contributed by atoms with van der Waals surface area (Å²) >= 11 is 16.3. The van der Waals surface area contributed by atoms with Crippen LogP contribution in [0.4, 0.5) is 28.6 Å². The van der Waals surface area contributed by atoms with Crippen LogP contribution >= 0.6 is 34.8 Å². The van der Waals surface area contributed by atoms with Gasteiger partial charge in [-0.3, -0.25) is 20.2 Å². The summed E-state index contributed by atoms with van der Waals surface area (Å²) in [6.07, 6.45) is 2.01. The molecule has 0 bridgehead atoms. The summed E-state index contributed by atoms with van der Waals surface area (Å²) in [4.78, 5) is 33.9. The zero-order valence-corrected chi connectivity index (χ0v) is 24.9. The Kier molecular flexibility index (Phi) is 14.6. The number of methoxy groups -OCH3 is 2. The molecule has 0 saturated carbocycles. The lowest BCUT2D eigenvalue weighted by Gasteiger charge is -2.07. The molecule has 3 N–H and O–H groups in total. The van der Waals surface area contributed by atoms with Crippen molar-refractivity contribution in [3.05, 3.63) is 96.9 Å². The Morgan fingerprint density at radius 1 is 0.825 bits per heavy atom. The molecular weight excluding hydrogens is 706 g/mol. The van der Waals surface area contributed by atoms with Crippen LogP contribution in [-0.4, -0.2) is 44.0 Å². The van der Waals surface area contributed by atoms with Crippen molar-refractivity contribution in [3.8, 4) is 11.5 Å². The molecule has 2 aromatic carbocycles. The number of ether oxygens (including phenoxy) is 2. The van der Waals surface area contributed by atoms with Gasteiger partial charge >= 0.3 is 11.4 Å². The van der Waals surface area contributed by atoms with E-state index in [9.17, 15) is 20.2 Å². The average Bonchev–Trinajstić information content (AvgIpc) is 2.89. The molecule has 0 radical (unpaired) electrons. The second-order valence-electron chi connectivity index (χ2n) is 6.84. The van der Waals surface area contributed by atoms with Gasteiger partial charge in [-0.15, -0.1) is 0 Å². The molecule has 0 amide bonds. The first-order valence-electron chi connectivity index (χ1n) is 10.3. The van der Waals surface area contributed by atoms with Gasteiger partial charge in [-0.05, 0) is 47.5 Å².